The van der Waals surface area contributed by atoms with Crippen molar-refractivity contribution in [1.82, 2.24) is 4.90 Å². The van der Waals surface area contributed by atoms with Crippen LogP contribution < -0.4 is 0 Å². The quantitative estimate of drug-likeness (QED) is 0.707. The average Bonchev–Trinajstić information content (AvgIpc) is 2.37. The third-order valence-electron chi connectivity index (χ3n) is 3.27. The van der Waals surface area contributed by atoms with Crippen molar-refractivity contribution in [3.63, 3.8) is 0 Å². The molecule has 0 aliphatic rings. The summed E-state index contributed by atoms with van der Waals surface area (Å²) >= 11 is 0. The number of halogens is 3. The number of carbonyl (C=O) groups excluding carboxylic acids is 1. The number of nitrogens with zero attached hydrogens (tertiary/aromatic N) is 1. The first-order valence-electron chi connectivity index (χ1n) is 7.16. The molecule has 0 amide bonds. The summed E-state index contributed by atoms with van der Waals surface area (Å²) in [5.41, 5.74) is 1.59. The van der Waals surface area contributed by atoms with E-state index < -0.39 is 12.7 Å². The van der Waals surface area contributed by atoms with Crippen LogP contribution in [0.3, 0.4) is 0 Å². The Labute approximate surface area is 123 Å². The van der Waals surface area contributed by atoms with E-state index in [0.29, 0.717) is 5.56 Å². The van der Waals surface area contributed by atoms with Crippen molar-refractivity contribution in [2.45, 2.75) is 45.8 Å². The number of alkyl halides is 3. The highest BCUT2D eigenvalue weighted by Crippen LogP contribution is 2.18. The van der Waals surface area contributed by atoms with Gasteiger partial charge in [0, 0.05) is 11.6 Å². The summed E-state index contributed by atoms with van der Waals surface area (Å²) in [6, 6.07) is 6.77. The lowest BCUT2D eigenvalue weighted by Crippen LogP contribution is -2.42. The first-order valence-corrected chi connectivity index (χ1v) is 7.16. The third kappa shape index (κ3) is 6.29. The van der Waals surface area contributed by atoms with Gasteiger partial charge in [0.15, 0.2) is 5.78 Å². The molecule has 0 bridgehead atoms. The second-order valence-corrected chi connectivity index (χ2v) is 5.48. The van der Waals surface area contributed by atoms with Gasteiger partial charge in [0.05, 0.1) is 13.1 Å². The highest BCUT2D eigenvalue weighted by atomic mass is 19.4. The van der Waals surface area contributed by atoms with E-state index in [2.05, 4.69) is 6.92 Å². The fraction of sp³-hybridized carbons (Fsp3) is 0.562. The molecule has 1 rings (SSSR count). The number of benzene rings is 1. The largest absolute Gasteiger partial charge is 0.401 e. The molecule has 0 aromatic heterocycles. The Morgan fingerprint density at radius 1 is 1.19 bits per heavy atom. The van der Waals surface area contributed by atoms with E-state index in [-0.39, 0.29) is 18.4 Å². The van der Waals surface area contributed by atoms with Crippen LogP contribution in [0.4, 0.5) is 13.2 Å². The van der Waals surface area contributed by atoms with Gasteiger partial charge in [-0.25, -0.2) is 0 Å². The van der Waals surface area contributed by atoms with Crippen LogP contribution in [-0.4, -0.2) is 36.0 Å². The number of rotatable bonds is 7. The normalized spacial score (nSPS) is 12.2. The molecular formula is C16H22F3NO. The van der Waals surface area contributed by atoms with Crippen LogP contribution in [0.1, 0.15) is 43.1 Å². The van der Waals surface area contributed by atoms with Crippen molar-refractivity contribution in [2.24, 2.45) is 0 Å². The van der Waals surface area contributed by atoms with Gasteiger partial charge in [-0.05, 0) is 25.8 Å². The highest BCUT2D eigenvalue weighted by molar-refractivity contribution is 5.97. The van der Waals surface area contributed by atoms with Crippen molar-refractivity contribution < 1.29 is 18.0 Å². The molecule has 21 heavy (non-hydrogen) atoms. The Morgan fingerprint density at radius 2 is 1.76 bits per heavy atom. The molecular weight excluding hydrogens is 279 g/mol. The fourth-order valence-corrected chi connectivity index (χ4v) is 2.07. The number of Topliss-reactive ketones (excluding diaryl/α,β-unsaturated/α-hetero) is 1. The smallest absolute Gasteiger partial charge is 0.293 e. The molecule has 0 heterocycles. The molecule has 0 N–H and O–H groups in total. The van der Waals surface area contributed by atoms with Gasteiger partial charge in [-0.2, -0.15) is 13.2 Å². The minimum atomic E-state index is -4.30. The summed E-state index contributed by atoms with van der Waals surface area (Å²) in [6.07, 6.45) is -2.35. The number of hydrogen-bond acceptors (Lipinski definition) is 2. The Kier molecular flexibility index (Phi) is 6.40. The van der Waals surface area contributed by atoms with Crippen LogP contribution in [0.25, 0.3) is 0 Å². The van der Waals surface area contributed by atoms with Crippen molar-refractivity contribution in [1.29, 1.82) is 0 Å². The van der Waals surface area contributed by atoms with E-state index in [1.165, 1.54) is 0 Å². The maximum atomic E-state index is 12.5. The van der Waals surface area contributed by atoms with Gasteiger partial charge < -0.3 is 0 Å². The van der Waals surface area contributed by atoms with E-state index in [1.54, 1.807) is 26.0 Å². The van der Waals surface area contributed by atoms with E-state index in [9.17, 15) is 18.0 Å². The monoisotopic (exact) mass is 301 g/mol. The molecule has 0 fully saturated rings. The standard InChI is InChI=1S/C16H22F3NO/c1-4-5-13-6-8-14(9-7-13)15(21)10-20(12(2)3)11-16(17,18)19/h6-9,12H,4-5,10-11H2,1-3H3. The molecule has 2 nitrogen and oxygen atoms in total. The topological polar surface area (TPSA) is 20.3 Å². The lowest BCUT2D eigenvalue weighted by molar-refractivity contribution is -0.148. The minimum absolute atomic E-state index is 0.218. The average molecular weight is 301 g/mol. The first-order chi connectivity index (χ1) is 9.73. The third-order valence-corrected chi connectivity index (χ3v) is 3.27. The predicted molar refractivity (Wildman–Crippen MR) is 77.5 cm³/mol. The van der Waals surface area contributed by atoms with Crippen molar-refractivity contribution in [3.8, 4) is 0 Å². The van der Waals surface area contributed by atoms with E-state index in [1.807, 2.05) is 12.1 Å². The van der Waals surface area contributed by atoms with Crippen LogP contribution in [-0.2, 0) is 6.42 Å². The van der Waals surface area contributed by atoms with Crippen molar-refractivity contribution in [3.05, 3.63) is 35.4 Å². The summed E-state index contributed by atoms with van der Waals surface area (Å²) in [5.74, 6) is -0.281. The maximum absolute atomic E-state index is 12.5. The van der Waals surface area contributed by atoms with E-state index >= 15 is 0 Å². The molecule has 0 aliphatic heterocycles. The van der Waals surface area contributed by atoms with Gasteiger partial charge in [0.25, 0.3) is 0 Å². The van der Waals surface area contributed by atoms with Crippen LogP contribution in [0.15, 0.2) is 24.3 Å². The number of ketones is 1. The molecule has 1 aromatic carbocycles. The second-order valence-electron chi connectivity index (χ2n) is 5.48. The summed E-state index contributed by atoms with van der Waals surface area (Å²) < 4.78 is 37.5. The molecule has 0 unspecified atom stereocenters. The molecule has 0 atom stereocenters. The van der Waals surface area contributed by atoms with E-state index in [4.69, 9.17) is 0 Å². The zero-order valence-electron chi connectivity index (χ0n) is 12.7. The highest BCUT2D eigenvalue weighted by Gasteiger charge is 2.32. The SMILES string of the molecule is CCCc1ccc(C(=O)CN(CC(F)(F)F)C(C)C)cc1. The van der Waals surface area contributed by atoms with Gasteiger partial charge in [-0.15, -0.1) is 0 Å². The molecule has 1 aromatic rings. The molecule has 0 aliphatic carbocycles. The van der Waals surface area contributed by atoms with Crippen molar-refractivity contribution >= 4 is 5.78 Å². The van der Waals surface area contributed by atoms with Gasteiger partial charge in [-0.3, -0.25) is 9.69 Å². The van der Waals surface area contributed by atoms with Gasteiger partial charge in [0.1, 0.15) is 0 Å². The van der Waals surface area contributed by atoms with Crippen molar-refractivity contribution in [2.75, 3.05) is 13.1 Å². The molecule has 0 saturated heterocycles. The number of carbonyl (C=O) groups is 1. The first kappa shape index (κ1) is 17.7. The van der Waals surface area contributed by atoms with Gasteiger partial charge in [0.2, 0.25) is 0 Å². The summed E-state index contributed by atoms with van der Waals surface area (Å²) in [4.78, 5) is 13.2. The summed E-state index contributed by atoms with van der Waals surface area (Å²) in [7, 11) is 0. The Bertz CT molecular complexity index is 452. The summed E-state index contributed by atoms with van der Waals surface area (Å²) in [5, 5.41) is 0. The molecule has 0 radical (unpaired) electrons. The van der Waals surface area contributed by atoms with Crippen LogP contribution >= 0.6 is 0 Å². The Morgan fingerprint density at radius 3 is 2.19 bits per heavy atom. The number of aryl methyl sites for hydroxylation is 1. The van der Waals surface area contributed by atoms with Crippen LogP contribution in [0, 0.1) is 0 Å². The summed E-state index contributed by atoms with van der Waals surface area (Å²) in [6.45, 7) is 4.10. The van der Waals surface area contributed by atoms with Gasteiger partial charge in [-0.1, -0.05) is 37.6 Å². The minimum Gasteiger partial charge on any atom is -0.293 e. The Balaban J connectivity index is 2.72. The lowest BCUT2D eigenvalue weighted by atomic mass is 10.0. The van der Waals surface area contributed by atoms with Gasteiger partial charge >= 0.3 is 6.18 Å². The predicted octanol–water partition coefficient (Wildman–Crippen LogP) is 4.09. The number of hydrogen-bond donors (Lipinski definition) is 0. The zero-order chi connectivity index (χ0) is 16.0. The molecule has 0 saturated carbocycles. The molecule has 118 valence electrons. The second kappa shape index (κ2) is 7.59. The zero-order valence-corrected chi connectivity index (χ0v) is 12.7. The molecule has 0 spiro atoms. The molecule has 5 heteroatoms. The fourth-order valence-electron chi connectivity index (χ4n) is 2.07. The van der Waals surface area contributed by atoms with Crippen LogP contribution in [0.2, 0.25) is 0 Å². The van der Waals surface area contributed by atoms with Crippen LogP contribution in [0.5, 0.6) is 0 Å². The van der Waals surface area contributed by atoms with E-state index in [0.717, 1.165) is 23.3 Å². The maximum Gasteiger partial charge on any atom is 0.401 e. The Hall–Kier alpha value is -1.36. The lowest BCUT2D eigenvalue weighted by Gasteiger charge is -2.26.